The summed E-state index contributed by atoms with van der Waals surface area (Å²) in [6.07, 6.45) is 0. The molecule has 8 heteroatoms. The number of nitrogens with zero attached hydrogens (tertiary/aromatic N) is 4. The van der Waals surface area contributed by atoms with Crippen LogP contribution in [0.25, 0.3) is 17.0 Å². The van der Waals surface area contributed by atoms with Gasteiger partial charge in [0.1, 0.15) is 11.6 Å². The number of ether oxygens (including phenoxy) is 1. The number of anilines is 1. The van der Waals surface area contributed by atoms with Crippen LogP contribution in [-0.2, 0) is 6.54 Å². The van der Waals surface area contributed by atoms with E-state index in [1.165, 1.54) is 0 Å². The SMILES string of the molecule is COc1ccc(C(=O)Nc2cc(C)nn2-c2nc3ccccc3n2CCO)cc1. The fourth-order valence-corrected chi connectivity index (χ4v) is 3.22. The number of imidazole rings is 1. The summed E-state index contributed by atoms with van der Waals surface area (Å²) in [4.78, 5) is 17.4. The van der Waals surface area contributed by atoms with Gasteiger partial charge in [0.2, 0.25) is 5.95 Å². The molecule has 29 heavy (non-hydrogen) atoms. The topological polar surface area (TPSA) is 94.2 Å². The lowest BCUT2D eigenvalue weighted by Crippen LogP contribution is -2.17. The van der Waals surface area contributed by atoms with Gasteiger partial charge in [-0.25, -0.2) is 4.98 Å². The van der Waals surface area contributed by atoms with Gasteiger partial charge in [-0.2, -0.15) is 9.78 Å². The van der Waals surface area contributed by atoms with Crippen molar-refractivity contribution in [1.82, 2.24) is 19.3 Å². The minimum atomic E-state index is -0.265. The Labute approximate surface area is 167 Å². The van der Waals surface area contributed by atoms with Crippen molar-refractivity contribution in [3.63, 3.8) is 0 Å². The average Bonchev–Trinajstić information content (AvgIpc) is 3.28. The quantitative estimate of drug-likeness (QED) is 0.527. The van der Waals surface area contributed by atoms with Gasteiger partial charge in [0.05, 0.1) is 30.4 Å². The van der Waals surface area contributed by atoms with Gasteiger partial charge in [-0.15, -0.1) is 0 Å². The summed E-state index contributed by atoms with van der Waals surface area (Å²) in [5.74, 6) is 1.44. The number of rotatable bonds is 6. The van der Waals surface area contributed by atoms with Crippen LogP contribution < -0.4 is 10.1 Å². The molecule has 0 radical (unpaired) electrons. The molecule has 2 heterocycles. The first-order chi connectivity index (χ1) is 14.1. The Bertz CT molecular complexity index is 1160. The maximum atomic E-state index is 12.7. The van der Waals surface area contributed by atoms with E-state index in [0.29, 0.717) is 29.6 Å². The van der Waals surface area contributed by atoms with E-state index in [1.54, 1.807) is 42.1 Å². The number of benzene rings is 2. The van der Waals surface area contributed by atoms with Gasteiger partial charge in [-0.05, 0) is 43.3 Å². The molecule has 8 nitrogen and oxygen atoms in total. The molecule has 2 aromatic carbocycles. The number of carbonyl (C=O) groups excluding carboxylic acids is 1. The number of aliphatic hydroxyl groups excluding tert-OH is 1. The number of methoxy groups -OCH3 is 1. The molecule has 2 N–H and O–H groups in total. The van der Waals surface area contributed by atoms with E-state index in [0.717, 1.165) is 16.7 Å². The highest BCUT2D eigenvalue weighted by Gasteiger charge is 2.18. The van der Waals surface area contributed by atoms with Crippen LogP contribution in [0.15, 0.2) is 54.6 Å². The van der Waals surface area contributed by atoms with Crippen molar-refractivity contribution >= 4 is 22.8 Å². The Hall–Kier alpha value is -3.65. The van der Waals surface area contributed by atoms with Gasteiger partial charge in [-0.3, -0.25) is 4.79 Å². The van der Waals surface area contributed by atoms with Crippen LogP contribution in [0.2, 0.25) is 0 Å². The third-order valence-corrected chi connectivity index (χ3v) is 4.57. The number of amides is 1. The monoisotopic (exact) mass is 391 g/mol. The molecule has 148 valence electrons. The van der Waals surface area contributed by atoms with E-state index >= 15 is 0 Å². The van der Waals surface area contributed by atoms with Crippen LogP contribution in [0.1, 0.15) is 16.1 Å². The van der Waals surface area contributed by atoms with Crippen molar-refractivity contribution < 1.29 is 14.6 Å². The van der Waals surface area contributed by atoms with Crippen molar-refractivity contribution in [2.24, 2.45) is 0 Å². The Morgan fingerprint density at radius 1 is 1.17 bits per heavy atom. The largest absolute Gasteiger partial charge is 0.497 e. The summed E-state index contributed by atoms with van der Waals surface area (Å²) in [5.41, 5.74) is 2.91. The minimum Gasteiger partial charge on any atom is -0.497 e. The normalized spacial score (nSPS) is 11.0. The third kappa shape index (κ3) is 3.57. The van der Waals surface area contributed by atoms with Crippen LogP contribution in [0.4, 0.5) is 5.82 Å². The second kappa shape index (κ2) is 7.76. The number of fused-ring (bicyclic) bond motifs is 1. The van der Waals surface area contributed by atoms with E-state index in [1.807, 2.05) is 35.8 Å². The molecule has 4 aromatic rings. The fourth-order valence-electron chi connectivity index (χ4n) is 3.22. The standard InChI is InChI=1S/C21H21N5O3/c1-14-13-19(23-20(28)15-7-9-16(29-2)10-8-15)26(24-14)21-22-17-5-3-4-6-18(17)25(21)11-12-27/h3-10,13,27H,11-12H2,1-2H3,(H,23,28). The summed E-state index contributed by atoms with van der Waals surface area (Å²) in [7, 11) is 1.58. The zero-order valence-electron chi connectivity index (χ0n) is 16.2. The van der Waals surface area contributed by atoms with Crippen molar-refractivity contribution in [3.05, 3.63) is 65.9 Å². The molecule has 0 spiro atoms. The third-order valence-electron chi connectivity index (χ3n) is 4.57. The van der Waals surface area contributed by atoms with E-state index < -0.39 is 0 Å². The van der Waals surface area contributed by atoms with Crippen LogP contribution in [0, 0.1) is 6.92 Å². The lowest BCUT2D eigenvalue weighted by atomic mass is 10.2. The zero-order valence-corrected chi connectivity index (χ0v) is 16.2. The number of hydrogen-bond donors (Lipinski definition) is 2. The molecule has 0 fully saturated rings. The van der Waals surface area contributed by atoms with Gasteiger partial charge in [-0.1, -0.05) is 12.1 Å². The molecular formula is C21H21N5O3. The Morgan fingerprint density at radius 2 is 1.93 bits per heavy atom. The number of aromatic nitrogens is 4. The van der Waals surface area contributed by atoms with Gasteiger partial charge in [0, 0.05) is 18.2 Å². The van der Waals surface area contributed by atoms with Crippen molar-refractivity contribution in [2.45, 2.75) is 13.5 Å². The Balaban J connectivity index is 1.73. The number of nitrogens with one attached hydrogen (secondary N) is 1. The highest BCUT2D eigenvalue weighted by atomic mass is 16.5. The first-order valence-electron chi connectivity index (χ1n) is 9.19. The first kappa shape index (κ1) is 18.7. The second-order valence-corrected chi connectivity index (χ2v) is 6.54. The van der Waals surface area contributed by atoms with E-state index in [4.69, 9.17) is 4.74 Å². The van der Waals surface area contributed by atoms with E-state index in [-0.39, 0.29) is 12.5 Å². The molecule has 0 aliphatic rings. The molecule has 1 amide bonds. The summed E-state index contributed by atoms with van der Waals surface area (Å²) in [6, 6.07) is 16.3. The second-order valence-electron chi connectivity index (χ2n) is 6.54. The highest BCUT2D eigenvalue weighted by Crippen LogP contribution is 2.23. The summed E-state index contributed by atoms with van der Waals surface area (Å²) in [6.45, 7) is 2.17. The molecule has 4 rings (SSSR count). The summed E-state index contributed by atoms with van der Waals surface area (Å²) < 4.78 is 8.60. The summed E-state index contributed by atoms with van der Waals surface area (Å²) >= 11 is 0. The molecular weight excluding hydrogens is 370 g/mol. The fraction of sp³-hybridized carbons (Fsp3) is 0.190. The molecule has 0 saturated carbocycles. The number of hydrogen-bond acceptors (Lipinski definition) is 5. The molecule has 0 aliphatic heterocycles. The molecule has 2 aromatic heterocycles. The van der Waals surface area contributed by atoms with Crippen molar-refractivity contribution in [2.75, 3.05) is 19.0 Å². The van der Waals surface area contributed by atoms with E-state index in [9.17, 15) is 9.90 Å². The minimum absolute atomic E-state index is 0.0405. The van der Waals surface area contributed by atoms with Crippen LogP contribution in [0.3, 0.4) is 0 Å². The molecule has 0 unspecified atom stereocenters. The number of aryl methyl sites for hydroxylation is 1. The van der Waals surface area contributed by atoms with Gasteiger partial charge >= 0.3 is 0 Å². The predicted molar refractivity (Wildman–Crippen MR) is 110 cm³/mol. The average molecular weight is 391 g/mol. The Morgan fingerprint density at radius 3 is 2.66 bits per heavy atom. The lowest BCUT2D eigenvalue weighted by Gasteiger charge is -2.11. The van der Waals surface area contributed by atoms with E-state index in [2.05, 4.69) is 15.4 Å². The number of para-hydroxylation sites is 2. The smallest absolute Gasteiger partial charge is 0.256 e. The highest BCUT2D eigenvalue weighted by molar-refractivity contribution is 6.04. The van der Waals surface area contributed by atoms with Gasteiger partial charge in [0.25, 0.3) is 5.91 Å². The summed E-state index contributed by atoms with van der Waals surface area (Å²) in [5, 5.41) is 16.9. The predicted octanol–water partition coefficient (Wildman–Crippen LogP) is 2.78. The maximum Gasteiger partial charge on any atom is 0.256 e. The van der Waals surface area contributed by atoms with Crippen LogP contribution >= 0.6 is 0 Å². The molecule has 0 bridgehead atoms. The van der Waals surface area contributed by atoms with Gasteiger partial charge < -0.3 is 19.7 Å². The van der Waals surface area contributed by atoms with Crippen molar-refractivity contribution in [3.8, 4) is 11.7 Å². The molecule has 0 aliphatic carbocycles. The number of carbonyl (C=O) groups is 1. The van der Waals surface area contributed by atoms with Crippen molar-refractivity contribution in [1.29, 1.82) is 0 Å². The maximum absolute atomic E-state index is 12.7. The van der Waals surface area contributed by atoms with Gasteiger partial charge in [0.15, 0.2) is 0 Å². The zero-order chi connectivity index (χ0) is 20.4. The molecule has 0 saturated heterocycles. The Kier molecular flexibility index (Phi) is 5.01. The molecule has 0 atom stereocenters. The number of aliphatic hydroxyl groups is 1. The lowest BCUT2D eigenvalue weighted by molar-refractivity contribution is 0.102. The first-order valence-corrected chi connectivity index (χ1v) is 9.19. The van der Waals surface area contributed by atoms with Crippen LogP contribution in [0.5, 0.6) is 5.75 Å². The van der Waals surface area contributed by atoms with Crippen LogP contribution in [-0.4, -0.2) is 44.1 Å².